The first-order valence-electron chi connectivity index (χ1n) is 5.37. The Kier molecular flexibility index (Phi) is 4.80. The third-order valence-electron chi connectivity index (χ3n) is 2.37. The average Bonchev–Trinajstić information content (AvgIpc) is 2.45. The molecule has 0 aliphatic carbocycles. The van der Waals surface area contributed by atoms with Gasteiger partial charge in [-0.05, 0) is 13.3 Å². The molecule has 4 nitrogen and oxygen atoms in total. The van der Waals surface area contributed by atoms with Gasteiger partial charge in [0.15, 0.2) is 0 Å². The third-order valence-corrected chi connectivity index (χ3v) is 3.35. The van der Waals surface area contributed by atoms with E-state index in [9.17, 15) is 8.42 Å². The van der Waals surface area contributed by atoms with Crippen LogP contribution < -0.4 is 0 Å². The van der Waals surface area contributed by atoms with E-state index in [0.717, 1.165) is 31.5 Å². The summed E-state index contributed by atoms with van der Waals surface area (Å²) >= 11 is 0. The molecular weight excluding hydrogens is 248 g/mol. The second kappa shape index (κ2) is 5.68. The lowest BCUT2D eigenvalue weighted by Crippen LogP contribution is -1.98. The van der Waals surface area contributed by atoms with E-state index in [4.69, 9.17) is 10.7 Å². The number of unbranched alkanes of at least 4 members (excludes halogenated alkanes) is 2. The molecule has 0 aliphatic heterocycles. The molecule has 0 aliphatic rings. The Hall–Kier alpha value is -0.550. The van der Waals surface area contributed by atoms with E-state index in [1.165, 1.54) is 0 Å². The molecule has 0 radical (unpaired) electrons. The molecule has 0 bridgehead atoms. The monoisotopic (exact) mass is 264 g/mol. The van der Waals surface area contributed by atoms with E-state index in [1.807, 2.05) is 0 Å². The highest BCUT2D eigenvalue weighted by molar-refractivity contribution is 8.13. The lowest BCUT2D eigenvalue weighted by atomic mass is 10.2. The number of nitrogens with zero attached hydrogens (tertiary/aromatic N) is 2. The van der Waals surface area contributed by atoms with Gasteiger partial charge in [0.05, 0.1) is 11.4 Å². The lowest BCUT2D eigenvalue weighted by molar-refractivity contribution is 0.550. The highest BCUT2D eigenvalue weighted by Crippen LogP contribution is 2.13. The summed E-state index contributed by atoms with van der Waals surface area (Å²) in [6, 6.07) is 0. The Morgan fingerprint density at radius 3 is 2.69 bits per heavy atom. The molecule has 1 aromatic heterocycles. The maximum Gasteiger partial charge on any atom is 0.236 e. The van der Waals surface area contributed by atoms with Gasteiger partial charge in [-0.1, -0.05) is 19.8 Å². The van der Waals surface area contributed by atoms with Gasteiger partial charge in [-0.3, -0.25) is 4.68 Å². The quantitative estimate of drug-likeness (QED) is 0.586. The summed E-state index contributed by atoms with van der Waals surface area (Å²) < 4.78 is 23.7. The van der Waals surface area contributed by atoms with Crippen LogP contribution >= 0.6 is 10.7 Å². The number of hydrogen-bond acceptors (Lipinski definition) is 3. The van der Waals surface area contributed by atoms with E-state index < -0.39 is 9.05 Å². The van der Waals surface area contributed by atoms with Crippen LogP contribution in [0.15, 0.2) is 6.20 Å². The minimum atomic E-state index is -3.49. The maximum absolute atomic E-state index is 11.0. The predicted octanol–water partition coefficient (Wildman–Crippen LogP) is 2.45. The standard InChI is InChI=1S/C10H17ClN2O2S/c1-3-4-5-6-13-7-10(9(2)12-13)8-16(11,14)15/h7H,3-6,8H2,1-2H3. The molecule has 0 unspecified atom stereocenters. The van der Waals surface area contributed by atoms with Crippen LogP contribution in [-0.4, -0.2) is 18.2 Å². The van der Waals surface area contributed by atoms with Crippen molar-refractivity contribution in [2.45, 2.75) is 45.4 Å². The first-order valence-corrected chi connectivity index (χ1v) is 7.85. The number of aromatic nitrogens is 2. The molecule has 1 heterocycles. The molecule has 6 heteroatoms. The lowest BCUT2D eigenvalue weighted by Gasteiger charge is -1.98. The molecule has 0 N–H and O–H groups in total. The summed E-state index contributed by atoms with van der Waals surface area (Å²) in [5, 5.41) is 4.26. The number of aryl methyl sites for hydroxylation is 2. The summed E-state index contributed by atoms with van der Waals surface area (Å²) in [5.74, 6) is -0.145. The number of hydrogen-bond donors (Lipinski definition) is 0. The van der Waals surface area contributed by atoms with Crippen molar-refractivity contribution < 1.29 is 8.42 Å². The van der Waals surface area contributed by atoms with Crippen LogP contribution in [0.25, 0.3) is 0 Å². The summed E-state index contributed by atoms with van der Waals surface area (Å²) in [7, 11) is 1.72. The van der Waals surface area contributed by atoms with Crippen molar-refractivity contribution in [2.75, 3.05) is 0 Å². The van der Waals surface area contributed by atoms with E-state index >= 15 is 0 Å². The van der Waals surface area contributed by atoms with Crippen molar-refractivity contribution >= 4 is 19.7 Å². The summed E-state index contributed by atoms with van der Waals surface area (Å²) in [4.78, 5) is 0. The van der Waals surface area contributed by atoms with Gasteiger partial charge >= 0.3 is 0 Å². The fraction of sp³-hybridized carbons (Fsp3) is 0.700. The highest BCUT2D eigenvalue weighted by Gasteiger charge is 2.12. The summed E-state index contributed by atoms with van der Waals surface area (Å²) in [6.45, 7) is 4.77. The fourth-order valence-electron chi connectivity index (χ4n) is 1.52. The molecule has 92 valence electrons. The molecular formula is C10H17ClN2O2S. The van der Waals surface area contributed by atoms with Crippen molar-refractivity contribution in [2.24, 2.45) is 0 Å². The molecule has 0 aromatic carbocycles. The molecule has 0 saturated carbocycles. The first-order chi connectivity index (χ1) is 7.42. The van der Waals surface area contributed by atoms with Gasteiger partial charge < -0.3 is 0 Å². The van der Waals surface area contributed by atoms with Crippen LogP contribution in [0.2, 0.25) is 0 Å². The molecule has 0 saturated heterocycles. The van der Waals surface area contributed by atoms with Gasteiger partial charge in [0.1, 0.15) is 0 Å². The zero-order valence-electron chi connectivity index (χ0n) is 9.61. The van der Waals surface area contributed by atoms with E-state index in [1.54, 1.807) is 17.8 Å². The molecule has 1 aromatic rings. The molecule has 0 amide bonds. The molecule has 1 rings (SSSR count). The largest absolute Gasteiger partial charge is 0.272 e. The SMILES string of the molecule is CCCCCn1cc(CS(=O)(=O)Cl)c(C)n1. The normalized spacial score (nSPS) is 11.9. The van der Waals surface area contributed by atoms with Crippen LogP contribution in [0.4, 0.5) is 0 Å². The van der Waals surface area contributed by atoms with E-state index in [0.29, 0.717) is 5.56 Å². The topological polar surface area (TPSA) is 52.0 Å². The fourth-order valence-corrected chi connectivity index (χ4v) is 2.53. The van der Waals surface area contributed by atoms with Crippen LogP contribution in [0, 0.1) is 6.92 Å². The highest BCUT2D eigenvalue weighted by atomic mass is 35.7. The Balaban J connectivity index is 2.66. The van der Waals surface area contributed by atoms with Crippen LogP contribution in [-0.2, 0) is 21.3 Å². The molecule has 0 atom stereocenters. The van der Waals surface area contributed by atoms with Gasteiger partial charge in [-0.2, -0.15) is 5.10 Å². The summed E-state index contributed by atoms with van der Waals surface area (Å²) in [5.41, 5.74) is 1.42. The Labute approximate surface area is 101 Å². The van der Waals surface area contributed by atoms with E-state index in [-0.39, 0.29) is 5.75 Å². The van der Waals surface area contributed by atoms with Gasteiger partial charge in [0.2, 0.25) is 9.05 Å². The van der Waals surface area contributed by atoms with Gasteiger partial charge in [0, 0.05) is 29.0 Å². The molecule has 0 fully saturated rings. The van der Waals surface area contributed by atoms with Gasteiger partial charge in [-0.15, -0.1) is 0 Å². The van der Waals surface area contributed by atoms with Crippen molar-refractivity contribution in [1.29, 1.82) is 0 Å². The van der Waals surface area contributed by atoms with Crippen LogP contribution in [0.1, 0.15) is 37.4 Å². The van der Waals surface area contributed by atoms with Gasteiger partial charge in [-0.25, -0.2) is 8.42 Å². The minimum Gasteiger partial charge on any atom is -0.272 e. The number of rotatable bonds is 6. The predicted molar refractivity (Wildman–Crippen MR) is 65.0 cm³/mol. The van der Waals surface area contributed by atoms with Crippen LogP contribution in [0.3, 0.4) is 0 Å². The molecule has 0 spiro atoms. The minimum absolute atomic E-state index is 0.145. The second-order valence-corrected chi connectivity index (χ2v) is 6.67. The van der Waals surface area contributed by atoms with Crippen molar-refractivity contribution in [1.82, 2.24) is 9.78 Å². The number of halogens is 1. The van der Waals surface area contributed by atoms with Gasteiger partial charge in [0.25, 0.3) is 0 Å². The Bertz CT molecular complexity index is 440. The van der Waals surface area contributed by atoms with Crippen LogP contribution in [0.5, 0.6) is 0 Å². The molecule has 16 heavy (non-hydrogen) atoms. The van der Waals surface area contributed by atoms with Crippen molar-refractivity contribution in [3.8, 4) is 0 Å². The first kappa shape index (κ1) is 13.5. The Morgan fingerprint density at radius 1 is 1.44 bits per heavy atom. The third kappa shape index (κ3) is 4.53. The Morgan fingerprint density at radius 2 is 2.12 bits per heavy atom. The zero-order valence-corrected chi connectivity index (χ0v) is 11.2. The van der Waals surface area contributed by atoms with E-state index in [2.05, 4.69) is 12.0 Å². The maximum atomic E-state index is 11.0. The average molecular weight is 265 g/mol. The zero-order chi connectivity index (χ0) is 12.2. The second-order valence-electron chi connectivity index (χ2n) is 3.89. The summed E-state index contributed by atoms with van der Waals surface area (Å²) in [6.07, 6.45) is 5.14. The van der Waals surface area contributed by atoms with Crippen molar-refractivity contribution in [3.63, 3.8) is 0 Å². The smallest absolute Gasteiger partial charge is 0.236 e. The van der Waals surface area contributed by atoms with Crippen molar-refractivity contribution in [3.05, 3.63) is 17.5 Å².